The first kappa shape index (κ1) is 22.8. The summed E-state index contributed by atoms with van der Waals surface area (Å²) in [6.45, 7) is 15.6. The van der Waals surface area contributed by atoms with Gasteiger partial charge in [-0.25, -0.2) is 0 Å². The van der Waals surface area contributed by atoms with E-state index in [0.717, 1.165) is 28.0 Å². The number of para-hydroxylation sites is 2. The Labute approximate surface area is 188 Å². The van der Waals surface area contributed by atoms with E-state index in [9.17, 15) is 0 Å². The lowest BCUT2D eigenvalue weighted by molar-refractivity contribution is 1.32. The molecule has 0 bridgehead atoms. The van der Waals surface area contributed by atoms with Crippen LogP contribution in [-0.4, -0.2) is 13.4 Å². The SMILES string of the molecule is Cc1cccc(C)c1N=C(/C(=C/c1ccccc1)[N-]c1c(C)cccc1C)[Si](C)(C)C. The van der Waals surface area contributed by atoms with Gasteiger partial charge < -0.3 is 5.32 Å². The van der Waals surface area contributed by atoms with E-state index in [4.69, 9.17) is 10.3 Å². The highest BCUT2D eigenvalue weighted by molar-refractivity contribution is 7.06. The first-order valence-corrected chi connectivity index (χ1v) is 14.4. The van der Waals surface area contributed by atoms with Crippen molar-refractivity contribution in [2.24, 2.45) is 4.99 Å². The summed E-state index contributed by atoms with van der Waals surface area (Å²) in [4.78, 5) is 5.30. The van der Waals surface area contributed by atoms with E-state index in [1.54, 1.807) is 0 Å². The van der Waals surface area contributed by atoms with Crippen molar-refractivity contribution in [1.29, 1.82) is 0 Å². The molecule has 0 saturated heterocycles. The molecule has 0 amide bonds. The molecule has 0 atom stereocenters. The summed E-state index contributed by atoms with van der Waals surface area (Å²) < 4.78 is 0. The quantitative estimate of drug-likeness (QED) is 0.279. The van der Waals surface area contributed by atoms with E-state index in [1.807, 2.05) is 6.07 Å². The number of hydrogen-bond donors (Lipinski definition) is 0. The zero-order chi connectivity index (χ0) is 22.6. The molecule has 0 unspecified atom stereocenters. The number of aliphatic imine (C=N–C) groups is 1. The zero-order valence-corrected chi connectivity index (χ0v) is 20.8. The predicted molar refractivity (Wildman–Crippen MR) is 140 cm³/mol. The Bertz CT molecular complexity index is 1080. The Balaban J connectivity index is 2.24. The molecule has 0 fully saturated rings. The van der Waals surface area contributed by atoms with Gasteiger partial charge in [0.15, 0.2) is 0 Å². The minimum atomic E-state index is -1.83. The van der Waals surface area contributed by atoms with Gasteiger partial charge in [-0.3, -0.25) is 4.99 Å². The number of benzene rings is 3. The van der Waals surface area contributed by atoms with Crippen molar-refractivity contribution < 1.29 is 0 Å². The maximum absolute atomic E-state index is 5.30. The Hall–Kier alpha value is -2.91. The Morgan fingerprint density at radius 2 is 1.23 bits per heavy atom. The molecule has 31 heavy (non-hydrogen) atoms. The van der Waals surface area contributed by atoms with Gasteiger partial charge >= 0.3 is 0 Å². The maximum atomic E-state index is 5.30. The van der Waals surface area contributed by atoms with Gasteiger partial charge in [-0.1, -0.05) is 104 Å². The lowest BCUT2D eigenvalue weighted by Gasteiger charge is -2.35. The van der Waals surface area contributed by atoms with Crippen molar-refractivity contribution >= 4 is 30.9 Å². The van der Waals surface area contributed by atoms with Gasteiger partial charge in [0.2, 0.25) is 0 Å². The lowest BCUT2D eigenvalue weighted by Crippen LogP contribution is -2.34. The molecule has 0 aliphatic carbocycles. The molecule has 0 radical (unpaired) electrons. The first-order chi connectivity index (χ1) is 14.7. The summed E-state index contributed by atoms with van der Waals surface area (Å²) in [6, 6.07) is 23.2. The fourth-order valence-electron chi connectivity index (χ4n) is 3.67. The number of aryl methyl sites for hydroxylation is 4. The summed E-state index contributed by atoms with van der Waals surface area (Å²) >= 11 is 0. The number of allylic oxidation sites excluding steroid dienone is 1. The molecular formula is C28H33N2Si-. The number of rotatable bonds is 6. The largest absolute Gasteiger partial charge is 0.656 e. The molecule has 0 aliphatic rings. The van der Waals surface area contributed by atoms with E-state index in [-0.39, 0.29) is 0 Å². The third-order valence-corrected chi connectivity index (χ3v) is 7.18. The number of hydrogen-bond acceptors (Lipinski definition) is 1. The molecular weight excluding hydrogens is 392 g/mol. The van der Waals surface area contributed by atoms with Crippen molar-refractivity contribution in [3.63, 3.8) is 0 Å². The molecule has 2 nitrogen and oxygen atoms in total. The van der Waals surface area contributed by atoms with Crippen molar-refractivity contribution in [3.05, 3.63) is 106 Å². The Kier molecular flexibility index (Phi) is 6.96. The van der Waals surface area contributed by atoms with Crippen LogP contribution in [0.4, 0.5) is 11.4 Å². The molecule has 0 aliphatic heterocycles. The highest BCUT2D eigenvalue weighted by atomic mass is 28.3. The Morgan fingerprint density at radius 1 is 0.710 bits per heavy atom. The van der Waals surface area contributed by atoms with E-state index >= 15 is 0 Å². The van der Waals surface area contributed by atoms with Crippen molar-refractivity contribution in [3.8, 4) is 0 Å². The van der Waals surface area contributed by atoms with Crippen LogP contribution in [0.15, 0.2) is 77.4 Å². The molecule has 3 aromatic carbocycles. The van der Waals surface area contributed by atoms with Gasteiger partial charge in [0.1, 0.15) is 0 Å². The monoisotopic (exact) mass is 425 g/mol. The van der Waals surface area contributed by atoms with E-state index in [1.165, 1.54) is 22.3 Å². The third-order valence-electron chi connectivity index (χ3n) is 5.39. The van der Waals surface area contributed by atoms with Crippen LogP contribution in [0.5, 0.6) is 0 Å². The van der Waals surface area contributed by atoms with Crippen LogP contribution in [-0.2, 0) is 0 Å². The van der Waals surface area contributed by atoms with Crippen LogP contribution in [0.3, 0.4) is 0 Å². The molecule has 160 valence electrons. The lowest BCUT2D eigenvalue weighted by atomic mass is 10.1. The molecule has 0 spiro atoms. The molecule has 0 saturated carbocycles. The van der Waals surface area contributed by atoms with Crippen LogP contribution in [0.25, 0.3) is 11.4 Å². The normalized spacial score (nSPS) is 12.7. The zero-order valence-electron chi connectivity index (χ0n) is 19.8. The van der Waals surface area contributed by atoms with E-state index in [2.05, 4.69) is 114 Å². The fraction of sp³-hybridized carbons (Fsp3) is 0.250. The predicted octanol–water partition coefficient (Wildman–Crippen LogP) is 8.62. The molecule has 3 rings (SSSR count). The molecule has 0 heterocycles. The highest BCUT2D eigenvalue weighted by Gasteiger charge is 2.22. The standard InChI is InChI=1S/C28H33N2Si/c1-20-13-11-14-21(2)26(20)29-25(19-24-17-9-8-10-18-24)28(31(5,6)7)30-27-22(3)15-12-16-23(27)4/h8-19H,1-7H3/q-1/b25-19-,30-28?. The molecule has 0 aromatic heterocycles. The second-order valence-corrected chi connectivity index (χ2v) is 14.2. The fourth-order valence-corrected chi connectivity index (χ4v) is 5.01. The van der Waals surface area contributed by atoms with Crippen LogP contribution >= 0.6 is 0 Å². The second-order valence-electron chi connectivity index (χ2n) is 9.24. The van der Waals surface area contributed by atoms with Crippen molar-refractivity contribution in [1.82, 2.24) is 0 Å². The summed E-state index contributed by atoms with van der Waals surface area (Å²) in [7, 11) is -1.83. The minimum absolute atomic E-state index is 0.963. The topological polar surface area (TPSA) is 26.5 Å². The molecule has 3 heteroatoms. The molecule has 3 aromatic rings. The van der Waals surface area contributed by atoms with Gasteiger partial charge in [0.25, 0.3) is 0 Å². The summed E-state index contributed by atoms with van der Waals surface area (Å²) in [6.07, 6.45) is 2.19. The van der Waals surface area contributed by atoms with Crippen LogP contribution in [0.2, 0.25) is 19.6 Å². The van der Waals surface area contributed by atoms with Gasteiger partial charge in [-0.2, -0.15) is 0 Å². The number of nitrogens with zero attached hydrogens (tertiary/aromatic N) is 2. The molecule has 0 N–H and O–H groups in total. The van der Waals surface area contributed by atoms with E-state index in [0.29, 0.717) is 0 Å². The maximum Gasteiger partial charge on any atom is 0.0996 e. The summed E-state index contributed by atoms with van der Waals surface area (Å²) in [5, 5.41) is 6.36. The minimum Gasteiger partial charge on any atom is -0.656 e. The van der Waals surface area contributed by atoms with Crippen LogP contribution in [0.1, 0.15) is 27.8 Å². The second kappa shape index (κ2) is 9.48. The van der Waals surface area contributed by atoms with E-state index < -0.39 is 8.07 Å². The smallest absolute Gasteiger partial charge is 0.0996 e. The highest BCUT2D eigenvalue weighted by Crippen LogP contribution is 2.36. The first-order valence-electron chi connectivity index (χ1n) is 10.9. The van der Waals surface area contributed by atoms with Gasteiger partial charge in [-0.15, -0.1) is 11.4 Å². The average Bonchev–Trinajstić information content (AvgIpc) is 2.70. The Morgan fingerprint density at radius 3 is 1.74 bits per heavy atom. The third kappa shape index (κ3) is 5.62. The van der Waals surface area contributed by atoms with Crippen LogP contribution < -0.4 is 0 Å². The van der Waals surface area contributed by atoms with Gasteiger partial charge in [0, 0.05) is 5.33 Å². The summed E-state index contributed by atoms with van der Waals surface area (Å²) in [5.41, 5.74) is 8.96. The van der Waals surface area contributed by atoms with Crippen molar-refractivity contribution in [2.75, 3.05) is 0 Å². The van der Waals surface area contributed by atoms with Crippen LogP contribution in [0, 0.1) is 27.7 Å². The average molecular weight is 426 g/mol. The summed E-state index contributed by atoms with van der Waals surface area (Å²) in [5.74, 6) is 0. The van der Waals surface area contributed by atoms with Crippen molar-refractivity contribution in [2.45, 2.75) is 47.3 Å². The van der Waals surface area contributed by atoms with Gasteiger partial charge in [-0.05, 0) is 44.4 Å². The van der Waals surface area contributed by atoms with Gasteiger partial charge in [0.05, 0.1) is 13.8 Å².